The maximum Gasteiger partial charge on any atom is 0.336 e. The molecule has 5 nitrogen and oxygen atoms in total. The highest BCUT2D eigenvalue weighted by Crippen LogP contribution is 2.24. The second-order valence-electron chi connectivity index (χ2n) is 7.84. The summed E-state index contributed by atoms with van der Waals surface area (Å²) in [5.41, 5.74) is 8.62. The van der Waals surface area contributed by atoms with E-state index in [-0.39, 0.29) is 0 Å². The monoisotopic (exact) mass is 425 g/mol. The van der Waals surface area contributed by atoms with Crippen molar-refractivity contribution >= 4 is 16.9 Å². The van der Waals surface area contributed by atoms with Gasteiger partial charge in [0.2, 0.25) is 0 Å². The zero-order chi connectivity index (χ0) is 22.5. The van der Waals surface area contributed by atoms with Crippen LogP contribution in [0.1, 0.15) is 35.0 Å². The summed E-state index contributed by atoms with van der Waals surface area (Å²) in [4.78, 5) is 11.5. The molecule has 0 aliphatic rings. The summed E-state index contributed by atoms with van der Waals surface area (Å²) in [6, 6.07) is 25.4. The lowest BCUT2D eigenvalue weighted by molar-refractivity contribution is 0.0697. The summed E-state index contributed by atoms with van der Waals surface area (Å²) in [6.07, 6.45) is 2.08. The third-order valence-corrected chi connectivity index (χ3v) is 5.69. The van der Waals surface area contributed by atoms with E-state index >= 15 is 0 Å². The maximum atomic E-state index is 11.5. The minimum absolute atomic E-state index is 0.306. The van der Waals surface area contributed by atoms with Crippen LogP contribution in [0.4, 0.5) is 0 Å². The molecule has 0 saturated carbocycles. The number of hydrogen-bond acceptors (Lipinski definition) is 3. The molecular formula is C27H27N3O2. The third kappa shape index (κ3) is 4.42. The molecule has 3 aromatic carbocycles. The molecule has 4 rings (SSSR count). The largest absolute Gasteiger partial charge is 0.478 e. The quantitative estimate of drug-likeness (QED) is 0.405. The van der Waals surface area contributed by atoms with Crippen LogP contribution in [0.15, 0.2) is 84.0 Å². The number of aromatic nitrogens is 1. The molecule has 0 aliphatic heterocycles. The van der Waals surface area contributed by atoms with E-state index in [9.17, 15) is 9.90 Å². The summed E-state index contributed by atoms with van der Waals surface area (Å²) in [6.45, 7) is 2.77. The second kappa shape index (κ2) is 9.52. The zero-order valence-corrected chi connectivity index (χ0v) is 18.4. The number of carboxylic acids is 1. The average Bonchev–Trinajstić information content (AvgIpc) is 2.82. The average molecular weight is 426 g/mol. The minimum Gasteiger partial charge on any atom is -0.478 e. The van der Waals surface area contributed by atoms with Gasteiger partial charge in [0, 0.05) is 18.1 Å². The lowest BCUT2D eigenvalue weighted by Crippen LogP contribution is -2.17. The van der Waals surface area contributed by atoms with Crippen molar-refractivity contribution in [3.63, 3.8) is 0 Å². The number of para-hydroxylation sites is 1. The van der Waals surface area contributed by atoms with Crippen molar-refractivity contribution in [3.8, 4) is 11.1 Å². The number of fused-ring (bicyclic) bond motifs is 1. The topological polar surface area (TPSA) is 66.6 Å². The molecule has 0 atom stereocenters. The van der Waals surface area contributed by atoms with E-state index in [0.717, 1.165) is 40.3 Å². The van der Waals surface area contributed by atoms with E-state index in [0.29, 0.717) is 12.1 Å². The molecule has 0 aliphatic carbocycles. The Bertz CT molecular complexity index is 1320. The van der Waals surface area contributed by atoms with Crippen LogP contribution in [0.2, 0.25) is 0 Å². The smallest absolute Gasteiger partial charge is 0.336 e. The van der Waals surface area contributed by atoms with Crippen molar-refractivity contribution in [3.05, 3.63) is 101 Å². The predicted octanol–water partition coefficient (Wildman–Crippen LogP) is 5.10. The number of carbonyl (C=O) groups is 1. The van der Waals surface area contributed by atoms with Crippen molar-refractivity contribution in [2.75, 3.05) is 0 Å². The number of nitrogens with zero attached hydrogens (tertiary/aromatic N) is 2. The summed E-state index contributed by atoms with van der Waals surface area (Å²) in [5, 5.41) is 16.2. The van der Waals surface area contributed by atoms with Crippen LogP contribution < -0.4 is 10.8 Å². The van der Waals surface area contributed by atoms with E-state index in [1.54, 1.807) is 12.1 Å². The molecular weight excluding hydrogens is 398 g/mol. The first kappa shape index (κ1) is 21.4. The molecule has 1 heterocycles. The SMILES string of the molecule is CCCc1cc(=NNCc2ccc(-c3ccccc3C(=O)O)cc2)c2ccccc2n1C. The van der Waals surface area contributed by atoms with Crippen molar-refractivity contribution < 1.29 is 9.90 Å². The highest BCUT2D eigenvalue weighted by Gasteiger charge is 2.10. The van der Waals surface area contributed by atoms with Crippen LogP contribution in [0.5, 0.6) is 0 Å². The van der Waals surface area contributed by atoms with Crippen LogP contribution in [0.3, 0.4) is 0 Å². The van der Waals surface area contributed by atoms with Crippen LogP contribution in [-0.4, -0.2) is 15.6 Å². The van der Waals surface area contributed by atoms with Crippen LogP contribution in [-0.2, 0) is 20.0 Å². The molecule has 0 amide bonds. The standard InChI is InChI=1S/C27H27N3O2/c1-3-8-21-17-25(24-11-6-7-12-26(24)30(21)2)29-28-18-19-13-15-20(16-14-19)22-9-4-5-10-23(22)27(31)32/h4-7,9-17,28H,3,8,18H2,1-2H3,(H,31,32). The summed E-state index contributed by atoms with van der Waals surface area (Å²) >= 11 is 0. The van der Waals surface area contributed by atoms with E-state index < -0.39 is 5.97 Å². The van der Waals surface area contributed by atoms with Gasteiger partial charge in [-0.15, -0.1) is 0 Å². The van der Waals surface area contributed by atoms with Crippen molar-refractivity contribution in [2.24, 2.45) is 12.1 Å². The van der Waals surface area contributed by atoms with Gasteiger partial charge in [-0.2, -0.15) is 5.10 Å². The summed E-state index contributed by atoms with van der Waals surface area (Å²) in [5.74, 6) is -0.920. The van der Waals surface area contributed by atoms with E-state index in [4.69, 9.17) is 5.10 Å². The third-order valence-electron chi connectivity index (χ3n) is 5.69. The van der Waals surface area contributed by atoms with Gasteiger partial charge in [0.05, 0.1) is 23.0 Å². The lowest BCUT2D eigenvalue weighted by atomic mass is 9.99. The fourth-order valence-corrected chi connectivity index (χ4v) is 4.00. The van der Waals surface area contributed by atoms with Gasteiger partial charge < -0.3 is 15.1 Å². The highest BCUT2D eigenvalue weighted by molar-refractivity contribution is 5.96. The Morgan fingerprint density at radius 1 is 1.00 bits per heavy atom. The van der Waals surface area contributed by atoms with Crippen molar-refractivity contribution in [2.45, 2.75) is 26.3 Å². The molecule has 2 N–H and O–H groups in total. The molecule has 0 fully saturated rings. The number of nitrogens with one attached hydrogen (secondary N) is 1. The maximum absolute atomic E-state index is 11.5. The van der Waals surface area contributed by atoms with Crippen molar-refractivity contribution in [1.29, 1.82) is 0 Å². The van der Waals surface area contributed by atoms with E-state index in [1.165, 1.54) is 11.2 Å². The van der Waals surface area contributed by atoms with Gasteiger partial charge in [0.1, 0.15) is 0 Å². The Kier molecular flexibility index (Phi) is 6.36. The Hall–Kier alpha value is -3.86. The molecule has 0 radical (unpaired) electrons. The van der Waals surface area contributed by atoms with Gasteiger partial charge in [-0.05, 0) is 41.3 Å². The van der Waals surface area contributed by atoms with Crippen LogP contribution >= 0.6 is 0 Å². The molecule has 4 aromatic rings. The number of aromatic carboxylic acids is 1. The van der Waals surface area contributed by atoms with Crippen LogP contribution in [0, 0.1) is 0 Å². The number of rotatable bonds is 7. The minimum atomic E-state index is -0.920. The first-order chi connectivity index (χ1) is 15.6. The first-order valence-corrected chi connectivity index (χ1v) is 10.8. The molecule has 32 heavy (non-hydrogen) atoms. The van der Waals surface area contributed by atoms with Gasteiger partial charge in [-0.25, -0.2) is 4.79 Å². The molecule has 1 aromatic heterocycles. The fourth-order valence-electron chi connectivity index (χ4n) is 4.00. The Morgan fingerprint density at radius 3 is 2.47 bits per heavy atom. The van der Waals surface area contributed by atoms with E-state index in [2.05, 4.69) is 48.2 Å². The molecule has 0 bridgehead atoms. The highest BCUT2D eigenvalue weighted by atomic mass is 16.4. The number of hydrogen-bond donors (Lipinski definition) is 2. The van der Waals surface area contributed by atoms with Gasteiger partial charge in [-0.1, -0.05) is 74.0 Å². The van der Waals surface area contributed by atoms with Gasteiger partial charge in [-0.3, -0.25) is 0 Å². The molecule has 0 unspecified atom stereocenters. The molecule has 5 heteroatoms. The van der Waals surface area contributed by atoms with Gasteiger partial charge in [0.15, 0.2) is 0 Å². The predicted molar refractivity (Wildman–Crippen MR) is 128 cm³/mol. The number of carboxylic acid groups (broad SMARTS) is 1. The second-order valence-corrected chi connectivity index (χ2v) is 7.84. The lowest BCUT2D eigenvalue weighted by Gasteiger charge is -2.13. The number of benzene rings is 3. The van der Waals surface area contributed by atoms with Crippen LogP contribution in [0.25, 0.3) is 22.0 Å². The number of pyridine rings is 1. The molecule has 0 saturated heterocycles. The Labute approximate surface area is 187 Å². The van der Waals surface area contributed by atoms with Gasteiger partial charge in [0.25, 0.3) is 0 Å². The molecule has 0 spiro atoms. The fraction of sp³-hybridized carbons (Fsp3) is 0.185. The molecule has 162 valence electrons. The van der Waals surface area contributed by atoms with Crippen molar-refractivity contribution in [1.82, 2.24) is 9.99 Å². The Morgan fingerprint density at radius 2 is 1.72 bits per heavy atom. The zero-order valence-electron chi connectivity index (χ0n) is 18.4. The number of aryl methyl sites for hydroxylation is 2. The van der Waals surface area contributed by atoms with E-state index in [1.807, 2.05) is 42.5 Å². The first-order valence-electron chi connectivity index (χ1n) is 10.8. The Balaban J connectivity index is 1.57. The summed E-state index contributed by atoms with van der Waals surface area (Å²) in [7, 11) is 2.11. The van der Waals surface area contributed by atoms with Gasteiger partial charge >= 0.3 is 5.97 Å². The normalized spacial score (nSPS) is 11.6. The summed E-state index contributed by atoms with van der Waals surface area (Å²) < 4.78 is 2.24.